The van der Waals surface area contributed by atoms with Crippen molar-refractivity contribution in [3.63, 3.8) is 0 Å². The zero-order valence-electron chi connectivity index (χ0n) is 13.2. The third kappa shape index (κ3) is 5.16. The highest BCUT2D eigenvalue weighted by Crippen LogP contribution is 2.29. The number of hydrogen-bond donors (Lipinski definition) is 1. The first-order valence-electron chi connectivity index (χ1n) is 7.28. The molecule has 114 valence electrons. The topological polar surface area (TPSA) is 47.0 Å². The third-order valence-corrected chi connectivity index (χ3v) is 3.85. The summed E-state index contributed by atoms with van der Waals surface area (Å²) >= 11 is 2.35. The van der Waals surface area contributed by atoms with Gasteiger partial charge in [0.25, 0.3) is 0 Å². The summed E-state index contributed by atoms with van der Waals surface area (Å²) in [5.74, 6) is 1.82. The smallest absolute Gasteiger partial charge is 0.143 e. The molecule has 0 radical (unpaired) electrons. The van der Waals surface area contributed by atoms with E-state index in [1.165, 1.54) is 0 Å². The van der Waals surface area contributed by atoms with Gasteiger partial charge in [0.1, 0.15) is 11.6 Å². The fraction of sp³-hybridized carbons (Fsp3) is 0.733. The second-order valence-electron chi connectivity index (χ2n) is 5.77. The Morgan fingerprint density at radius 3 is 2.45 bits per heavy atom. The molecule has 1 aromatic rings. The number of aromatic nitrogens is 2. The molecule has 0 unspecified atom stereocenters. The summed E-state index contributed by atoms with van der Waals surface area (Å²) in [6, 6.07) is 0. The van der Waals surface area contributed by atoms with Gasteiger partial charge in [-0.3, -0.25) is 0 Å². The van der Waals surface area contributed by atoms with E-state index in [9.17, 15) is 0 Å². The van der Waals surface area contributed by atoms with Gasteiger partial charge in [0.15, 0.2) is 0 Å². The van der Waals surface area contributed by atoms with E-state index >= 15 is 0 Å². The average molecular weight is 391 g/mol. The Morgan fingerprint density at radius 1 is 1.20 bits per heavy atom. The SMILES string of the molecule is CCCNc1nc(CCOCC)nc(C(C)(C)C)c1I. The quantitative estimate of drug-likeness (QED) is 0.568. The molecule has 1 rings (SSSR count). The minimum atomic E-state index is 0.0163. The lowest BCUT2D eigenvalue weighted by molar-refractivity contribution is 0.149. The van der Waals surface area contributed by atoms with Crippen molar-refractivity contribution >= 4 is 28.4 Å². The zero-order chi connectivity index (χ0) is 15.2. The molecule has 20 heavy (non-hydrogen) atoms. The van der Waals surface area contributed by atoms with Crippen molar-refractivity contribution in [3.8, 4) is 0 Å². The number of nitrogens with one attached hydrogen (secondary N) is 1. The Bertz CT molecular complexity index is 430. The van der Waals surface area contributed by atoms with Crippen LogP contribution in [0.4, 0.5) is 5.82 Å². The second-order valence-corrected chi connectivity index (χ2v) is 6.85. The van der Waals surface area contributed by atoms with Crippen LogP contribution in [0.3, 0.4) is 0 Å². The second kappa shape index (κ2) is 8.12. The molecule has 0 aliphatic carbocycles. The van der Waals surface area contributed by atoms with Crippen LogP contribution in [0.15, 0.2) is 0 Å². The first-order chi connectivity index (χ1) is 9.40. The number of rotatable bonds is 7. The van der Waals surface area contributed by atoms with Gasteiger partial charge in [-0.2, -0.15) is 0 Å². The van der Waals surface area contributed by atoms with Crippen LogP contribution in [-0.2, 0) is 16.6 Å². The van der Waals surface area contributed by atoms with E-state index in [1.54, 1.807) is 0 Å². The molecule has 0 aromatic carbocycles. The first kappa shape index (κ1) is 17.6. The molecule has 0 spiro atoms. The molecule has 1 aromatic heterocycles. The predicted molar refractivity (Wildman–Crippen MR) is 92.4 cm³/mol. The highest BCUT2D eigenvalue weighted by molar-refractivity contribution is 14.1. The molecular weight excluding hydrogens is 365 g/mol. The van der Waals surface area contributed by atoms with Crippen molar-refractivity contribution in [1.82, 2.24) is 9.97 Å². The van der Waals surface area contributed by atoms with Crippen LogP contribution in [-0.4, -0.2) is 29.7 Å². The summed E-state index contributed by atoms with van der Waals surface area (Å²) < 4.78 is 6.54. The van der Waals surface area contributed by atoms with Crippen LogP contribution < -0.4 is 5.32 Å². The fourth-order valence-electron chi connectivity index (χ4n) is 1.77. The van der Waals surface area contributed by atoms with Crippen LogP contribution in [0.25, 0.3) is 0 Å². The summed E-state index contributed by atoms with van der Waals surface area (Å²) in [5.41, 5.74) is 1.13. The number of ether oxygens (including phenoxy) is 1. The summed E-state index contributed by atoms with van der Waals surface area (Å²) in [7, 11) is 0. The van der Waals surface area contributed by atoms with Crippen molar-refractivity contribution in [2.24, 2.45) is 0 Å². The van der Waals surface area contributed by atoms with Crippen molar-refractivity contribution in [2.45, 2.75) is 52.9 Å². The minimum absolute atomic E-state index is 0.0163. The van der Waals surface area contributed by atoms with E-state index in [1.807, 2.05) is 6.92 Å². The lowest BCUT2D eigenvalue weighted by atomic mass is 9.92. The van der Waals surface area contributed by atoms with Gasteiger partial charge in [-0.25, -0.2) is 9.97 Å². The molecule has 1 heterocycles. The lowest BCUT2D eigenvalue weighted by Crippen LogP contribution is -2.20. The van der Waals surface area contributed by atoms with Crippen molar-refractivity contribution < 1.29 is 4.74 Å². The maximum atomic E-state index is 5.41. The highest BCUT2D eigenvalue weighted by atomic mass is 127. The number of halogens is 1. The van der Waals surface area contributed by atoms with Gasteiger partial charge in [-0.05, 0) is 35.9 Å². The molecule has 0 aliphatic rings. The lowest BCUT2D eigenvalue weighted by Gasteiger charge is -2.22. The Balaban J connectivity index is 3.06. The largest absolute Gasteiger partial charge is 0.381 e. The van der Waals surface area contributed by atoms with Crippen LogP contribution >= 0.6 is 22.6 Å². The number of hydrogen-bond acceptors (Lipinski definition) is 4. The summed E-state index contributed by atoms with van der Waals surface area (Å²) in [5, 5.41) is 3.41. The van der Waals surface area contributed by atoms with Gasteiger partial charge in [0, 0.05) is 25.0 Å². The summed E-state index contributed by atoms with van der Waals surface area (Å²) in [6.07, 6.45) is 1.84. The van der Waals surface area contributed by atoms with E-state index in [4.69, 9.17) is 9.72 Å². The van der Waals surface area contributed by atoms with Crippen LogP contribution in [0, 0.1) is 3.57 Å². The fourth-order valence-corrected chi connectivity index (χ4v) is 3.01. The van der Waals surface area contributed by atoms with Crippen LogP contribution in [0.2, 0.25) is 0 Å². The molecule has 0 atom stereocenters. The molecular formula is C15H26IN3O. The molecule has 0 saturated carbocycles. The van der Waals surface area contributed by atoms with E-state index in [2.05, 4.69) is 60.6 Å². The maximum Gasteiger partial charge on any atom is 0.143 e. The Hall–Kier alpha value is -0.430. The molecule has 0 amide bonds. The van der Waals surface area contributed by atoms with Crippen molar-refractivity contribution in [1.29, 1.82) is 0 Å². The van der Waals surface area contributed by atoms with Crippen molar-refractivity contribution in [2.75, 3.05) is 25.1 Å². The summed E-state index contributed by atoms with van der Waals surface area (Å²) in [6.45, 7) is 13.1. The molecule has 0 fully saturated rings. The third-order valence-electron chi connectivity index (χ3n) is 2.82. The van der Waals surface area contributed by atoms with E-state index in [-0.39, 0.29) is 5.41 Å². The first-order valence-corrected chi connectivity index (χ1v) is 8.36. The Kier molecular flexibility index (Phi) is 7.15. The maximum absolute atomic E-state index is 5.41. The van der Waals surface area contributed by atoms with Gasteiger partial charge in [-0.1, -0.05) is 27.7 Å². The molecule has 1 N–H and O–H groups in total. The number of nitrogens with zero attached hydrogens (tertiary/aromatic N) is 2. The monoisotopic (exact) mass is 391 g/mol. The summed E-state index contributed by atoms with van der Waals surface area (Å²) in [4.78, 5) is 9.39. The van der Waals surface area contributed by atoms with Crippen LogP contribution in [0.5, 0.6) is 0 Å². The standard InChI is InChI=1S/C15H26IN3O/c1-6-9-17-14-12(16)13(15(3,4)5)18-11(19-14)8-10-20-7-2/h6-10H2,1-5H3,(H,17,18,19). The van der Waals surface area contributed by atoms with Crippen LogP contribution in [0.1, 0.15) is 52.6 Å². The van der Waals surface area contributed by atoms with Crippen molar-refractivity contribution in [3.05, 3.63) is 15.1 Å². The predicted octanol–water partition coefficient (Wildman–Crippen LogP) is 3.78. The highest BCUT2D eigenvalue weighted by Gasteiger charge is 2.22. The minimum Gasteiger partial charge on any atom is -0.381 e. The van der Waals surface area contributed by atoms with Gasteiger partial charge in [-0.15, -0.1) is 0 Å². The normalized spacial score (nSPS) is 11.7. The Labute approximate surface area is 136 Å². The van der Waals surface area contributed by atoms with E-state index in [0.29, 0.717) is 6.61 Å². The van der Waals surface area contributed by atoms with Gasteiger partial charge < -0.3 is 10.1 Å². The van der Waals surface area contributed by atoms with E-state index in [0.717, 1.165) is 46.9 Å². The van der Waals surface area contributed by atoms with Gasteiger partial charge in [0.05, 0.1) is 15.9 Å². The average Bonchev–Trinajstić information content (AvgIpc) is 2.37. The molecule has 0 saturated heterocycles. The molecule has 5 heteroatoms. The number of anilines is 1. The molecule has 4 nitrogen and oxygen atoms in total. The molecule has 0 aliphatic heterocycles. The Morgan fingerprint density at radius 2 is 1.90 bits per heavy atom. The zero-order valence-corrected chi connectivity index (χ0v) is 15.4. The van der Waals surface area contributed by atoms with E-state index < -0.39 is 0 Å². The van der Waals surface area contributed by atoms with Gasteiger partial charge in [0.2, 0.25) is 0 Å². The molecule has 0 bridgehead atoms. The van der Waals surface area contributed by atoms with Gasteiger partial charge >= 0.3 is 0 Å².